The highest BCUT2D eigenvalue weighted by Crippen LogP contribution is 2.23. The molecule has 0 bridgehead atoms. The Morgan fingerprint density at radius 1 is 0.788 bits per heavy atom. The topological polar surface area (TPSA) is 72.4 Å². The molecule has 0 spiro atoms. The minimum absolute atomic E-state index is 0.385. The highest BCUT2D eigenvalue weighted by Gasteiger charge is 2.09. The fourth-order valence-corrected chi connectivity index (χ4v) is 4.15. The highest BCUT2D eigenvalue weighted by atomic mass is 35.5. The Kier molecular flexibility index (Phi) is 7.16. The maximum atomic E-state index is 6.16. The Hall–Kier alpha value is -2.29. The van der Waals surface area contributed by atoms with Crippen LogP contribution in [0.25, 0.3) is 11.3 Å². The van der Waals surface area contributed by atoms with Crippen molar-refractivity contribution in [1.82, 2.24) is 29.2 Å². The average molecular weight is 544 g/mol. The number of aromatic nitrogens is 6. The van der Waals surface area contributed by atoms with Gasteiger partial charge in [0, 0.05) is 39.8 Å². The Bertz CT molecular complexity index is 1460. The first-order valence-corrected chi connectivity index (χ1v) is 11.5. The molecule has 5 aromatic rings. The van der Waals surface area contributed by atoms with E-state index in [9.17, 15) is 0 Å². The predicted octanol–water partition coefficient (Wildman–Crippen LogP) is 6.95. The summed E-state index contributed by atoms with van der Waals surface area (Å²) in [7, 11) is 0. The van der Waals surface area contributed by atoms with Crippen molar-refractivity contribution < 1.29 is 0 Å². The van der Waals surface area contributed by atoms with Gasteiger partial charge in [-0.3, -0.25) is 0 Å². The Balaban J connectivity index is 0.000000183. The van der Waals surface area contributed by atoms with E-state index < -0.39 is 0 Å². The molecule has 0 atom stereocenters. The summed E-state index contributed by atoms with van der Waals surface area (Å²) >= 11 is 29.7. The van der Waals surface area contributed by atoms with E-state index >= 15 is 0 Å². The molecule has 0 unspecified atom stereocenters. The van der Waals surface area contributed by atoms with Crippen LogP contribution in [0.15, 0.2) is 42.7 Å². The van der Waals surface area contributed by atoms with Crippen molar-refractivity contribution in [3.8, 4) is 0 Å². The minimum atomic E-state index is 0.385. The van der Waals surface area contributed by atoms with E-state index in [1.165, 1.54) is 0 Å². The third-order valence-corrected chi connectivity index (χ3v) is 5.91. The maximum Gasteiger partial charge on any atom is 0.161 e. The van der Waals surface area contributed by atoms with Crippen molar-refractivity contribution in [3.63, 3.8) is 0 Å². The molecule has 0 aliphatic rings. The van der Waals surface area contributed by atoms with Crippen LogP contribution < -0.4 is 5.32 Å². The smallest absolute Gasteiger partial charge is 0.161 e. The molecule has 4 heterocycles. The standard InChI is InChI=1S/C14H11Cl3N4.C7H5Cl2N3/c1-8-6-19-21-13(5-12(17)20-14(8)21)18-7-9-2-3-10(15)4-11(9)16;1-4-3-10-12-6(9)2-5(8)11-7(4)12/h2-6,18H,7H2,1H3;2-3H,1H3. The minimum Gasteiger partial charge on any atom is -0.366 e. The number of nitrogens with zero attached hydrogens (tertiary/aromatic N) is 6. The number of halogens is 5. The Morgan fingerprint density at radius 3 is 2.06 bits per heavy atom. The van der Waals surface area contributed by atoms with Crippen LogP contribution in [0.4, 0.5) is 5.82 Å². The molecule has 12 heteroatoms. The quantitative estimate of drug-likeness (QED) is 0.249. The summed E-state index contributed by atoms with van der Waals surface area (Å²) in [6.45, 7) is 4.37. The van der Waals surface area contributed by atoms with Crippen LogP contribution in [-0.4, -0.2) is 29.2 Å². The maximum absolute atomic E-state index is 6.16. The van der Waals surface area contributed by atoms with Gasteiger partial charge in [-0.25, -0.2) is 14.5 Å². The lowest BCUT2D eigenvalue weighted by Gasteiger charge is -2.10. The van der Waals surface area contributed by atoms with Gasteiger partial charge >= 0.3 is 0 Å². The number of aryl methyl sites for hydroxylation is 2. The van der Waals surface area contributed by atoms with Gasteiger partial charge in [0.15, 0.2) is 11.3 Å². The van der Waals surface area contributed by atoms with Gasteiger partial charge in [0.2, 0.25) is 0 Å². The molecule has 0 saturated heterocycles. The third kappa shape index (κ3) is 5.28. The lowest BCUT2D eigenvalue weighted by Crippen LogP contribution is -2.06. The van der Waals surface area contributed by atoms with Crippen LogP contribution in [0.3, 0.4) is 0 Å². The predicted molar refractivity (Wildman–Crippen MR) is 134 cm³/mol. The van der Waals surface area contributed by atoms with Crippen molar-refractivity contribution in [2.24, 2.45) is 0 Å². The summed E-state index contributed by atoms with van der Waals surface area (Å²) in [5.74, 6) is 0.754. The van der Waals surface area contributed by atoms with E-state index in [0.29, 0.717) is 37.7 Å². The zero-order valence-electron chi connectivity index (χ0n) is 17.3. The number of hydrogen-bond donors (Lipinski definition) is 1. The molecule has 170 valence electrons. The van der Waals surface area contributed by atoms with Crippen molar-refractivity contribution in [2.45, 2.75) is 20.4 Å². The van der Waals surface area contributed by atoms with Gasteiger partial charge in [0.05, 0.1) is 12.4 Å². The molecule has 1 aromatic carbocycles. The summed E-state index contributed by atoms with van der Waals surface area (Å²) in [5.41, 5.74) is 4.29. The monoisotopic (exact) mass is 541 g/mol. The molecule has 0 amide bonds. The van der Waals surface area contributed by atoms with Gasteiger partial charge < -0.3 is 5.32 Å². The van der Waals surface area contributed by atoms with E-state index in [1.54, 1.807) is 45.7 Å². The molecule has 0 aliphatic heterocycles. The Labute approximate surface area is 214 Å². The fraction of sp³-hybridized carbons (Fsp3) is 0.143. The number of nitrogens with one attached hydrogen (secondary N) is 1. The van der Waals surface area contributed by atoms with Gasteiger partial charge in [-0.1, -0.05) is 64.1 Å². The summed E-state index contributed by atoms with van der Waals surface area (Å²) in [5, 5.41) is 14.1. The molecule has 0 fully saturated rings. The van der Waals surface area contributed by atoms with Crippen molar-refractivity contribution in [1.29, 1.82) is 0 Å². The largest absolute Gasteiger partial charge is 0.366 e. The molecule has 5 rings (SSSR count). The van der Waals surface area contributed by atoms with Crippen LogP contribution in [0.1, 0.15) is 16.7 Å². The number of fused-ring (bicyclic) bond motifs is 2. The van der Waals surface area contributed by atoms with Gasteiger partial charge in [0.1, 0.15) is 21.3 Å². The molecule has 0 saturated carbocycles. The first kappa shape index (κ1) is 23.9. The van der Waals surface area contributed by atoms with Gasteiger partial charge in [-0.15, -0.1) is 0 Å². The van der Waals surface area contributed by atoms with Crippen LogP contribution in [-0.2, 0) is 6.54 Å². The second-order valence-electron chi connectivity index (χ2n) is 7.08. The fourth-order valence-electron chi connectivity index (χ4n) is 3.03. The van der Waals surface area contributed by atoms with Crippen LogP contribution in [0.5, 0.6) is 0 Å². The molecule has 33 heavy (non-hydrogen) atoms. The van der Waals surface area contributed by atoms with Gasteiger partial charge in [-0.2, -0.15) is 14.7 Å². The van der Waals surface area contributed by atoms with E-state index in [1.807, 2.05) is 19.9 Å². The molecule has 7 nitrogen and oxygen atoms in total. The SMILES string of the molecule is Cc1cnn2c(Cl)cc(Cl)nc12.Cc1cnn2c(NCc3ccc(Cl)cc3Cl)cc(Cl)nc12. The molecule has 1 N–H and O–H groups in total. The highest BCUT2D eigenvalue weighted by molar-refractivity contribution is 6.35. The third-order valence-electron chi connectivity index (χ3n) is 4.67. The number of hydrogen-bond acceptors (Lipinski definition) is 5. The lowest BCUT2D eigenvalue weighted by molar-refractivity contribution is 0.925. The second kappa shape index (κ2) is 9.91. The normalized spacial score (nSPS) is 11.0. The lowest BCUT2D eigenvalue weighted by atomic mass is 10.2. The number of benzene rings is 1. The van der Waals surface area contributed by atoms with Crippen LogP contribution >= 0.6 is 58.0 Å². The molecule has 4 aromatic heterocycles. The number of rotatable bonds is 3. The second-order valence-corrected chi connectivity index (χ2v) is 9.09. The van der Waals surface area contributed by atoms with E-state index in [4.69, 9.17) is 58.0 Å². The molecular formula is C21H16Cl5N7. The van der Waals surface area contributed by atoms with Crippen molar-refractivity contribution in [2.75, 3.05) is 5.32 Å². The van der Waals surface area contributed by atoms with Crippen molar-refractivity contribution >= 4 is 75.1 Å². The number of anilines is 1. The summed E-state index contributed by atoms with van der Waals surface area (Å²) in [4.78, 5) is 8.34. The van der Waals surface area contributed by atoms with Gasteiger partial charge in [-0.05, 0) is 31.5 Å². The van der Waals surface area contributed by atoms with E-state index in [2.05, 4.69) is 25.5 Å². The summed E-state index contributed by atoms with van der Waals surface area (Å²) in [6.07, 6.45) is 3.45. The zero-order valence-corrected chi connectivity index (χ0v) is 21.1. The van der Waals surface area contributed by atoms with Crippen LogP contribution in [0.2, 0.25) is 25.5 Å². The van der Waals surface area contributed by atoms with Crippen LogP contribution in [0, 0.1) is 13.8 Å². The molecular weight excluding hydrogens is 528 g/mol. The van der Waals surface area contributed by atoms with E-state index in [0.717, 1.165) is 28.2 Å². The zero-order chi connectivity index (χ0) is 23.7. The first-order chi connectivity index (χ1) is 15.7. The van der Waals surface area contributed by atoms with Gasteiger partial charge in [0.25, 0.3) is 0 Å². The molecule has 0 aliphatic carbocycles. The summed E-state index contributed by atoms with van der Waals surface area (Å²) < 4.78 is 3.26. The Morgan fingerprint density at radius 2 is 1.39 bits per heavy atom. The van der Waals surface area contributed by atoms with E-state index in [-0.39, 0.29) is 0 Å². The molecule has 0 radical (unpaired) electrons. The van der Waals surface area contributed by atoms with Crippen molar-refractivity contribution in [3.05, 3.63) is 84.9 Å². The summed E-state index contributed by atoms with van der Waals surface area (Å²) in [6, 6.07) is 8.68. The average Bonchev–Trinajstić information content (AvgIpc) is 3.31. The first-order valence-electron chi connectivity index (χ1n) is 9.58.